The van der Waals surface area contributed by atoms with E-state index < -0.39 is 0 Å². The van der Waals surface area contributed by atoms with Crippen LogP contribution in [0.15, 0.2) is 58.3 Å². The Morgan fingerprint density at radius 1 is 1.14 bits per heavy atom. The van der Waals surface area contributed by atoms with Crippen LogP contribution in [-0.2, 0) is 11.3 Å². The van der Waals surface area contributed by atoms with Gasteiger partial charge in [-0.25, -0.2) is 0 Å². The second-order valence-corrected chi connectivity index (χ2v) is 6.66. The molecular weight excluding hydrogens is 314 g/mol. The van der Waals surface area contributed by atoms with E-state index in [1.807, 2.05) is 18.2 Å². The molecule has 0 radical (unpaired) electrons. The molecule has 0 aliphatic rings. The highest BCUT2D eigenvalue weighted by Gasteiger charge is 2.15. The second-order valence-electron chi connectivity index (χ2n) is 5.14. The highest BCUT2D eigenvalue weighted by atomic mass is 35.5. The summed E-state index contributed by atoms with van der Waals surface area (Å²) < 4.78 is 7.53. The van der Waals surface area contributed by atoms with E-state index in [1.54, 1.807) is 18.9 Å². The first-order valence-electron chi connectivity index (χ1n) is 7.21. The topological polar surface area (TPSA) is 14.2 Å². The Morgan fingerprint density at radius 2 is 1.91 bits per heavy atom. The van der Waals surface area contributed by atoms with Gasteiger partial charge in [-0.2, -0.15) is 0 Å². The van der Waals surface area contributed by atoms with Crippen LogP contribution >= 0.6 is 23.4 Å². The molecule has 1 aromatic heterocycles. The summed E-state index contributed by atoms with van der Waals surface area (Å²) in [4.78, 5) is 2.53. The number of hydrogen-bond donors (Lipinski definition) is 0. The second kappa shape index (κ2) is 6.78. The van der Waals surface area contributed by atoms with Gasteiger partial charge in [-0.15, -0.1) is 0 Å². The van der Waals surface area contributed by atoms with Gasteiger partial charge in [0.2, 0.25) is 0 Å². The van der Waals surface area contributed by atoms with Crippen molar-refractivity contribution in [2.75, 3.05) is 13.7 Å². The summed E-state index contributed by atoms with van der Waals surface area (Å²) in [7, 11) is 1.73. The lowest BCUT2D eigenvalue weighted by molar-refractivity contribution is 0.188. The van der Waals surface area contributed by atoms with Crippen molar-refractivity contribution in [2.24, 2.45) is 0 Å². The van der Waals surface area contributed by atoms with Gasteiger partial charge in [-0.05, 0) is 31.2 Å². The number of hydrogen-bond acceptors (Lipinski definition) is 2. The predicted molar refractivity (Wildman–Crippen MR) is 94.1 cm³/mol. The van der Waals surface area contributed by atoms with Gasteiger partial charge in [0.25, 0.3) is 0 Å². The fourth-order valence-corrected chi connectivity index (χ4v) is 3.86. The highest BCUT2D eigenvalue weighted by Crippen LogP contribution is 2.38. The van der Waals surface area contributed by atoms with Crippen LogP contribution in [0.3, 0.4) is 0 Å². The Bertz CT molecular complexity index is 783. The molecule has 0 saturated carbocycles. The molecule has 4 heteroatoms. The van der Waals surface area contributed by atoms with E-state index in [0.717, 1.165) is 11.6 Å². The first kappa shape index (κ1) is 15.5. The lowest BCUT2D eigenvalue weighted by Crippen LogP contribution is -2.05. The molecule has 0 saturated heterocycles. The van der Waals surface area contributed by atoms with Crippen LogP contribution in [0.1, 0.15) is 5.69 Å². The number of benzene rings is 2. The van der Waals surface area contributed by atoms with Crippen LogP contribution in [0.4, 0.5) is 0 Å². The molecule has 0 spiro atoms. The van der Waals surface area contributed by atoms with Gasteiger partial charge in [0.1, 0.15) is 0 Å². The lowest BCUT2D eigenvalue weighted by atomic mass is 10.2. The fourth-order valence-electron chi connectivity index (χ4n) is 2.62. The molecule has 2 nitrogen and oxygen atoms in total. The molecule has 0 fully saturated rings. The SMILES string of the molecule is COCCn1c(C)c(Sc2ccccc2)c2ccc(Cl)cc21. The van der Waals surface area contributed by atoms with Crippen molar-refractivity contribution in [3.8, 4) is 0 Å². The van der Waals surface area contributed by atoms with Crippen LogP contribution in [0, 0.1) is 6.92 Å². The first-order valence-corrected chi connectivity index (χ1v) is 8.40. The first-order chi connectivity index (χ1) is 10.7. The van der Waals surface area contributed by atoms with E-state index in [-0.39, 0.29) is 0 Å². The van der Waals surface area contributed by atoms with Gasteiger partial charge in [-0.1, -0.05) is 47.6 Å². The largest absolute Gasteiger partial charge is 0.383 e. The summed E-state index contributed by atoms with van der Waals surface area (Å²) >= 11 is 7.99. The van der Waals surface area contributed by atoms with Crippen LogP contribution in [0.25, 0.3) is 10.9 Å². The van der Waals surface area contributed by atoms with E-state index in [0.29, 0.717) is 6.61 Å². The number of ether oxygens (including phenoxy) is 1. The molecule has 0 N–H and O–H groups in total. The number of fused-ring (bicyclic) bond motifs is 1. The van der Waals surface area contributed by atoms with Crippen molar-refractivity contribution >= 4 is 34.3 Å². The molecule has 0 unspecified atom stereocenters. The third-order valence-electron chi connectivity index (χ3n) is 3.71. The third-order valence-corrected chi connectivity index (χ3v) is 5.17. The Hall–Kier alpha value is -1.42. The van der Waals surface area contributed by atoms with Gasteiger partial charge >= 0.3 is 0 Å². The van der Waals surface area contributed by atoms with Gasteiger partial charge in [-0.3, -0.25) is 0 Å². The van der Waals surface area contributed by atoms with E-state index in [9.17, 15) is 0 Å². The predicted octanol–water partition coefficient (Wildman–Crippen LogP) is 5.40. The van der Waals surface area contributed by atoms with Crippen LogP contribution < -0.4 is 0 Å². The van der Waals surface area contributed by atoms with E-state index >= 15 is 0 Å². The molecule has 0 aliphatic heterocycles. The quantitative estimate of drug-likeness (QED) is 0.621. The number of nitrogens with zero attached hydrogens (tertiary/aromatic N) is 1. The smallest absolute Gasteiger partial charge is 0.0642 e. The molecule has 3 rings (SSSR count). The molecule has 0 amide bonds. The average Bonchev–Trinajstić information content (AvgIpc) is 2.78. The Labute approximate surface area is 140 Å². The molecular formula is C18H18ClNOS. The van der Waals surface area contributed by atoms with E-state index in [4.69, 9.17) is 16.3 Å². The maximum Gasteiger partial charge on any atom is 0.0642 e. The molecule has 0 bridgehead atoms. The molecule has 0 atom stereocenters. The molecule has 0 aliphatic carbocycles. The summed E-state index contributed by atoms with van der Waals surface area (Å²) in [5.74, 6) is 0. The van der Waals surface area contributed by atoms with E-state index in [2.05, 4.69) is 41.8 Å². The maximum absolute atomic E-state index is 6.20. The molecule has 114 valence electrons. The molecule has 22 heavy (non-hydrogen) atoms. The Kier molecular flexibility index (Phi) is 4.77. The summed E-state index contributed by atoms with van der Waals surface area (Å²) in [6, 6.07) is 16.6. The van der Waals surface area contributed by atoms with Crippen LogP contribution in [-0.4, -0.2) is 18.3 Å². The zero-order chi connectivity index (χ0) is 15.5. The molecule has 2 aromatic carbocycles. The summed E-state index contributed by atoms with van der Waals surface area (Å²) in [6.07, 6.45) is 0. The fraction of sp³-hybridized carbons (Fsp3) is 0.222. The minimum atomic E-state index is 0.687. The maximum atomic E-state index is 6.20. The van der Waals surface area contributed by atoms with Crippen molar-refractivity contribution in [3.05, 3.63) is 59.2 Å². The van der Waals surface area contributed by atoms with Crippen LogP contribution in [0.2, 0.25) is 5.02 Å². The zero-order valence-corrected chi connectivity index (χ0v) is 14.2. The number of rotatable bonds is 5. The van der Waals surface area contributed by atoms with Crippen molar-refractivity contribution in [3.63, 3.8) is 0 Å². The van der Waals surface area contributed by atoms with Crippen molar-refractivity contribution in [2.45, 2.75) is 23.3 Å². The van der Waals surface area contributed by atoms with Gasteiger partial charge in [0.15, 0.2) is 0 Å². The monoisotopic (exact) mass is 331 g/mol. The standard InChI is InChI=1S/C18H18ClNOS/c1-13-18(22-15-6-4-3-5-7-15)16-9-8-14(19)12-17(16)20(13)10-11-21-2/h3-9,12H,10-11H2,1-2H3. The van der Waals surface area contributed by atoms with Crippen LogP contribution in [0.5, 0.6) is 0 Å². The Morgan fingerprint density at radius 3 is 2.64 bits per heavy atom. The van der Waals surface area contributed by atoms with Crippen molar-refractivity contribution in [1.29, 1.82) is 0 Å². The summed E-state index contributed by atoms with van der Waals surface area (Å²) in [5.41, 5.74) is 2.42. The lowest BCUT2D eigenvalue weighted by Gasteiger charge is -2.08. The minimum absolute atomic E-state index is 0.687. The highest BCUT2D eigenvalue weighted by molar-refractivity contribution is 7.99. The zero-order valence-electron chi connectivity index (χ0n) is 12.7. The molecule has 1 heterocycles. The normalized spacial score (nSPS) is 11.2. The van der Waals surface area contributed by atoms with E-state index in [1.165, 1.54) is 26.4 Å². The van der Waals surface area contributed by atoms with Crippen molar-refractivity contribution in [1.82, 2.24) is 4.57 Å². The van der Waals surface area contributed by atoms with Gasteiger partial charge < -0.3 is 9.30 Å². The van der Waals surface area contributed by atoms with Gasteiger partial charge in [0.05, 0.1) is 12.1 Å². The average molecular weight is 332 g/mol. The van der Waals surface area contributed by atoms with Gasteiger partial charge in [0, 0.05) is 39.5 Å². The summed E-state index contributed by atoms with van der Waals surface area (Å²) in [6.45, 7) is 3.68. The summed E-state index contributed by atoms with van der Waals surface area (Å²) in [5, 5.41) is 2.01. The number of halogens is 1. The number of aromatic nitrogens is 1. The molecule has 3 aromatic rings. The Balaban J connectivity index is 2.11. The third kappa shape index (κ3) is 3.02. The minimum Gasteiger partial charge on any atom is -0.383 e. The van der Waals surface area contributed by atoms with Crippen molar-refractivity contribution < 1.29 is 4.74 Å². The number of methoxy groups -OCH3 is 1.